The van der Waals surface area contributed by atoms with Crippen LogP contribution in [0.4, 0.5) is 4.39 Å². The summed E-state index contributed by atoms with van der Waals surface area (Å²) in [5.41, 5.74) is 6.55. The van der Waals surface area contributed by atoms with Gasteiger partial charge in [0.2, 0.25) is 5.91 Å². The number of nitrogens with zero attached hydrogens (tertiary/aromatic N) is 1. The van der Waals surface area contributed by atoms with Crippen molar-refractivity contribution in [2.75, 3.05) is 40.5 Å². The molecule has 9 heteroatoms. The predicted octanol–water partition coefficient (Wildman–Crippen LogP) is 3.14. The van der Waals surface area contributed by atoms with E-state index in [2.05, 4.69) is 0 Å². The quantitative estimate of drug-likeness (QED) is 0.394. The average Bonchev–Trinajstić information content (AvgIpc) is 3.27. The first-order valence-electron chi connectivity index (χ1n) is 13.7. The van der Waals surface area contributed by atoms with Gasteiger partial charge in [-0.1, -0.05) is 18.2 Å². The van der Waals surface area contributed by atoms with E-state index >= 15 is 4.39 Å². The number of morpholine rings is 1. The first-order valence-corrected chi connectivity index (χ1v) is 13.7. The van der Waals surface area contributed by atoms with Crippen LogP contribution in [0.3, 0.4) is 0 Å². The molecule has 1 aliphatic heterocycles. The molecule has 214 valence electrons. The number of unbranched alkanes of at least 4 members (excludes halogenated alkanes) is 1. The molecule has 2 aromatic rings. The van der Waals surface area contributed by atoms with Crippen LogP contribution in [0, 0.1) is 18.7 Å². The maximum Gasteiger partial charge on any atom is 0.226 e. The second-order valence-corrected chi connectivity index (χ2v) is 10.8. The van der Waals surface area contributed by atoms with Gasteiger partial charge in [0.15, 0.2) is 0 Å². The number of hydrogen-bond donors (Lipinski definition) is 3. The number of carbonyl (C=O) groups is 1. The minimum atomic E-state index is -1.59. The molecule has 0 aromatic heterocycles. The van der Waals surface area contributed by atoms with Crippen molar-refractivity contribution < 1.29 is 33.6 Å². The summed E-state index contributed by atoms with van der Waals surface area (Å²) in [5, 5.41) is 22.5. The lowest BCUT2D eigenvalue weighted by molar-refractivity contribution is -0.167. The summed E-state index contributed by atoms with van der Waals surface area (Å²) in [5.74, 6) is -0.341. The van der Waals surface area contributed by atoms with Gasteiger partial charge in [0.05, 0.1) is 26.4 Å². The van der Waals surface area contributed by atoms with Gasteiger partial charge in [-0.2, -0.15) is 0 Å². The fourth-order valence-electron chi connectivity index (χ4n) is 5.94. The van der Waals surface area contributed by atoms with Crippen LogP contribution in [0.1, 0.15) is 43.2 Å². The molecule has 2 fully saturated rings. The van der Waals surface area contributed by atoms with Gasteiger partial charge in [0.25, 0.3) is 0 Å². The molecule has 5 atom stereocenters. The van der Waals surface area contributed by atoms with Gasteiger partial charge in [-0.05, 0) is 73.9 Å². The Balaban J connectivity index is 1.71. The minimum Gasteiger partial charge on any atom is -0.497 e. The lowest BCUT2D eigenvalue weighted by Crippen LogP contribution is -2.55. The average molecular weight is 545 g/mol. The van der Waals surface area contributed by atoms with Crippen LogP contribution in [0.25, 0.3) is 11.1 Å². The van der Waals surface area contributed by atoms with Gasteiger partial charge in [0.1, 0.15) is 23.3 Å². The molecule has 1 heterocycles. The van der Waals surface area contributed by atoms with Crippen molar-refractivity contribution in [3.63, 3.8) is 0 Å². The van der Waals surface area contributed by atoms with Crippen LogP contribution in [0.15, 0.2) is 36.4 Å². The lowest BCUT2D eigenvalue weighted by Gasteiger charge is -2.43. The Labute approximate surface area is 229 Å². The summed E-state index contributed by atoms with van der Waals surface area (Å²) < 4.78 is 32.4. The fourth-order valence-corrected chi connectivity index (χ4v) is 5.94. The highest BCUT2D eigenvalue weighted by atomic mass is 19.1. The Morgan fingerprint density at radius 2 is 2.03 bits per heavy atom. The first-order chi connectivity index (χ1) is 18.7. The molecule has 1 saturated carbocycles. The summed E-state index contributed by atoms with van der Waals surface area (Å²) in [6.07, 6.45) is 0.859. The van der Waals surface area contributed by atoms with Crippen molar-refractivity contribution in [1.82, 2.24) is 4.90 Å². The van der Waals surface area contributed by atoms with Gasteiger partial charge in [0, 0.05) is 37.8 Å². The normalized spacial score (nSPS) is 24.9. The third-order valence-electron chi connectivity index (χ3n) is 8.05. The molecule has 2 aliphatic rings. The molecule has 1 saturated heterocycles. The molecule has 1 unspecified atom stereocenters. The van der Waals surface area contributed by atoms with Crippen molar-refractivity contribution in [2.24, 2.45) is 11.7 Å². The third-order valence-corrected chi connectivity index (χ3v) is 8.05. The number of halogens is 1. The van der Waals surface area contributed by atoms with Gasteiger partial charge in [-0.25, -0.2) is 4.39 Å². The zero-order valence-corrected chi connectivity index (χ0v) is 23.1. The Kier molecular flexibility index (Phi) is 9.61. The van der Waals surface area contributed by atoms with E-state index in [1.165, 1.54) is 6.07 Å². The topological polar surface area (TPSA) is 114 Å². The molecular formula is C30H41FN2O6. The molecule has 4 rings (SSSR count). The van der Waals surface area contributed by atoms with Gasteiger partial charge < -0.3 is 35.1 Å². The largest absolute Gasteiger partial charge is 0.497 e. The van der Waals surface area contributed by atoms with Gasteiger partial charge in [-0.15, -0.1) is 0 Å². The van der Waals surface area contributed by atoms with Crippen LogP contribution >= 0.6 is 0 Å². The maximum absolute atomic E-state index is 15.6. The first kappa shape index (κ1) is 29.4. The summed E-state index contributed by atoms with van der Waals surface area (Å²) in [7, 11) is 3.19. The smallest absolute Gasteiger partial charge is 0.226 e. The third kappa shape index (κ3) is 6.44. The van der Waals surface area contributed by atoms with Gasteiger partial charge in [-0.3, -0.25) is 4.79 Å². The van der Waals surface area contributed by atoms with E-state index < -0.39 is 29.7 Å². The zero-order valence-electron chi connectivity index (χ0n) is 23.1. The van der Waals surface area contributed by atoms with Crippen LogP contribution < -0.4 is 10.5 Å². The number of aliphatic hydroxyl groups excluding tert-OH is 1. The molecule has 39 heavy (non-hydrogen) atoms. The Bertz CT molecular complexity index is 1140. The number of nitrogens with two attached hydrogens (primary N) is 1. The second-order valence-electron chi connectivity index (χ2n) is 10.8. The summed E-state index contributed by atoms with van der Waals surface area (Å²) in [6.45, 7) is 3.20. The van der Waals surface area contributed by atoms with Crippen LogP contribution in [0.5, 0.6) is 5.75 Å². The minimum absolute atomic E-state index is 0.0973. The van der Waals surface area contributed by atoms with Crippen molar-refractivity contribution in [3.05, 3.63) is 53.3 Å². The number of amides is 1. The number of methoxy groups -OCH3 is 2. The number of benzene rings is 2. The second kappa shape index (κ2) is 12.7. The Morgan fingerprint density at radius 3 is 2.72 bits per heavy atom. The van der Waals surface area contributed by atoms with E-state index in [0.717, 1.165) is 5.56 Å². The number of hydrogen-bond acceptors (Lipinski definition) is 7. The SMILES string of the molecule is COCCCC[C@@](O)(c1cccc(F)c1-c1cc(C)cc(OC)c1)C1CN(C(=O)[C@H]2C[C@@H](N)[C@@H](O)C2)CCO1. The molecule has 1 amide bonds. The van der Waals surface area contributed by atoms with Crippen molar-refractivity contribution in [1.29, 1.82) is 0 Å². The van der Waals surface area contributed by atoms with E-state index in [1.54, 1.807) is 37.3 Å². The van der Waals surface area contributed by atoms with Crippen LogP contribution in [-0.2, 0) is 19.9 Å². The van der Waals surface area contributed by atoms with E-state index in [4.69, 9.17) is 19.9 Å². The lowest BCUT2D eigenvalue weighted by atomic mass is 9.78. The highest BCUT2D eigenvalue weighted by molar-refractivity contribution is 5.79. The fraction of sp³-hybridized carbons (Fsp3) is 0.567. The number of rotatable bonds is 10. The highest BCUT2D eigenvalue weighted by Gasteiger charge is 2.46. The van der Waals surface area contributed by atoms with Crippen LogP contribution in [0.2, 0.25) is 0 Å². The monoisotopic (exact) mass is 544 g/mol. The Morgan fingerprint density at radius 1 is 1.23 bits per heavy atom. The van der Waals surface area contributed by atoms with Crippen molar-refractivity contribution in [2.45, 2.75) is 62.9 Å². The van der Waals surface area contributed by atoms with Gasteiger partial charge >= 0.3 is 0 Å². The molecular weight excluding hydrogens is 503 g/mol. The van der Waals surface area contributed by atoms with Crippen LogP contribution in [-0.4, -0.2) is 79.8 Å². The zero-order chi connectivity index (χ0) is 28.2. The molecule has 8 nitrogen and oxygen atoms in total. The Hall–Kier alpha value is -2.56. The molecule has 0 radical (unpaired) electrons. The molecule has 1 aliphatic carbocycles. The number of aryl methyl sites for hydroxylation is 1. The summed E-state index contributed by atoms with van der Waals surface area (Å²) in [6, 6.07) is 9.77. The maximum atomic E-state index is 15.6. The van der Waals surface area contributed by atoms with Crippen molar-refractivity contribution >= 4 is 5.91 Å². The molecule has 4 N–H and O–H groups in total. The predicted molar refractivity (Wildman–Crippen MR) is 146 cm³/mol. The highest BCUT2D eigenvalue weighted by Crippen LogP contribution is 2.42. The summed E-state index contributed by atoms with van der Waals surface area (Å²) >= 11 is 0. The molecule has 0 bridgehead atoms. The number of carbonyl (C=O) groups excluding carboxylic acids is 1. The summed E-state index contributed by atoms with van der Waals surface area (Å²) in [4.78, 5) is 15.1. The van der Waals surface area contributed by atoms with E-state index in [0.29, 0.717) is 55.7 Å². The number of aliphatic hydroxyl groups is 2. The number of ether oxygens (including phenoxy) is 3. The standard InChI is InChI=1S/C30H41FN2O6/c1-19-13-20(15-22(14-19)38-3)28-23(7-6-8-24(28)31)30(36,9-4-5-11-37-2)27-18-33(10-12-39-27)29(35)21-16-25(32)26(34)17-21/h6-8,13-15,21,25-27,34,36H,4-5,9-12,16-18,32H2,1-3H3/t21-,25+,26-,27?,30+/m0/s1. The van der Waals surface area contributed by atoms with E-state index in [1.807, 2.05) is 19.1 Å². The molecule has 2 aromatic carbocycles. The van der Waals surface area contributed by atoms with E-state index in [9.17, 15) is 15.0 Å². The molecule has 0 spiro atoms. The van der Waals surface area contributed by atoms with Crippen molar-refractivity contribution in [3.8, 4) is 16.9 Å². The van der Waals surface area contributed by atoms with E-state index in [-0.39, 0.29) is 37.0 Å².